The van der Waals surface area contributed by atoms with Gasteiger partial charge < -0.3 is 4.90 Å². The van der Waals surface area contributed by atoms with Gasteiger partial charge in [0.2, 0.25) is 0 Å². The molecule has 128 valence electrons. The van der Waals surface area contributed by atoms with Gasteiger partial charge in [0.1, 0.15) is 0 Å². The molecule has 0 bridgehead atoms. The van der Waals surface area contributed by atoms with Crippen molar-refractivity contribution in [3.05, 3.63) is 77.5 Å². The molecule has 0 aliphatic carbocycles. The Bertz CT molecular complexity index is 916. The third-order valence-corrected chi connectivity index (χ3v) is 3.94. The topological polar surface area (TPSA) is 33.2 Å². The van der Waals surface area contributed by atoms with Gasteiger partial charge in [0.15, 0.2) is 0 Å². The summed E-state index contributed by atoms with van der Waals surface area (Å²) >= 11 is 0. The van der Waals surface area contributed by atoms with Crippen molar-refractivity contribution >= 4 is 16.8 Å². The molecule has 1 aromatic heterocycles. The number of fused-ring (bicyclic) bond motifs is 1. The van der Waals surface area contributed by atoms with E-state index < -0.39 is 11.7 Å². The molecule has 2 aromatic carbocycles. The summed E-state index contributed by atoms with van der Waals surface area (Å²) in [4.78, 5) is 18.2. The highest BCUT2D eigenvalue weighted by Gasteiger charge is 2.33. The van der Waals surface area contributed by atoms with Gasteiger partial charge in [-0.3, -0.25) is 9.78 Å². The fourth-order valence-corrected chi connectivity index (χ4v) is 2.74. The Morgan fingerprint density at radius 2 is 1.76 bits per heavy atom. The van der Waals surface area contributed by atoms with Crippen molar-refractivity contribution in [1.29, 1.82) is 0 Å². The lowest BCUT2D eigenvalue weighted by Gasteiger charge is -2.20. The number of alkyl halides is 3. The van der Waals surface area contributed by atoms with E-state index >= 15 is 0 Å². The number of carbonyl (C=O) groups is 1. The third kappa shape index (κ3) is 3.47. The van der Waals surface area contributed by atoms with E-state index in [-0.39, 0.29) is 18.0 Å². The molecule has 0 N–H and O–H groups in total. The lowest BCUT2D eigenvalue weighted by Crippen LogP contribution is -2.27. The van der Waals surface area contributed by atoms with E-state index in [4.69, 9.17) is 0 Å². The van der Waals surface area contributed by atoms with Crippen LogP contribution in [0.15, 0.2) is 60.8 Å². The second-order valence-electron chi connectivity index (χ2n) is 5.70. The highest BCUT2D eigenvalue weighted by molar-refractivity contribution is 6.05. The molecule has 25 heavy (non-hydrogen) atoms. The fourth-order valence-electron chi connectivity index (χ4n) is 2.74. The Morgan fingerprint density at radius 3 is 2.52 bits per heavy atom. The molecule has 1 amide bonds. The number of hydrogen-bond acceptors (Lipinski definition) is 2. The summed E-state index contributed by atoms with van der Waals surface area (Å²) in [5.74, 6) is -0.374. The number of aromatic nitrogens is 1. The zero-order valence-electron chi connectivity index (χ0n) is 13.4. The zero-order chi connectivity index (χ0) is 18.0. The predicted octanol–water partition coefficient (Wildman–Crippen LogP) is 4.53. The van der Waals surface area contributed by atoms with Crippen molar-refractivity contribution in [3.8, 4) is 0 Å². The molecule has 0 aliphatic rings. The van der Waals surface area contributed by atoms with E-state index in [1.54, 1.807) is 24.4 Å². The van der Waals surface area contributed by atoms with Crippen molar-refractivity contribution in [2.45, 2.75) is 12.7 Å². The van der Waals surface area contributed by atoms with E-state index in [0.29, 0.717) is 11.1 Å². The smallest absolute Gasteiger partial charge is 0.337 e. The molecular formula is C19H15F3N2O. The van der Waals surface area contributed by atoms with Crippen LogP contribution < -0.4 is 0 Å². The number of rotatable bonds is 3. The van der Waals surface area contributed by atoms with Crippen LogP contribution in [-0.2, 0) is 12.7 Å². The van der Waals surface area contributed by atoms with E-state index in [9.17, 15) is 18.0 Å². The summed E-state index contributed by atoms with van der Waals surface area (Å²) in [5.41, 5.74) is 0.223. The van der Waals surface area contributed by atoms with Crippen molar-refractivity contribution < 1.29 is 18.0 Å². The molecule has 0 saturated heterocycles. The Hall–Kier alpha value is -2.89. The van der Waals surface area contributed by atoms with Crippen LogP contribution in [0.5, 0.6) is 0 Å². The summed E-state index contributed by atoms with van der Waals surface area (Å²) in [6.07, 6.45) is -2.88. The second kappa shape index (κ2) is 6.55. The van der Waals surface area contributed by atoms with Gasteiger partial charge in [-0.25, -0.2) is 0 Å². The van der Waals surface area contributed by atoms with Gasteiger partial charge in [-0.05, 0) is 23.8 Å². The van der Waals surface area contributed by atoms with Crippen LogP contribution in [-0.4, -0.2) is 22.8 Å². The minimum Gasteiger partial charge on any atom is -0.337 e. The molecular weight excluding hydrogens is 329 g/mol. The number of halogens is 3. The lowest BCUT2D eigenvalue weighted by molar-refractivity contribution is -0.138. The molecule has 3 rings (SSSR count). The van der Waals surface area contributed by atoms with Crippen molar-refractivity contribution in [3.63, 3.8) is 0 Å². The molecule has 0 saturated carbocycles. The van der Waals surface area contributed by atoms with Gasteiger partial charge in [0.05, 0.1) is 16.6 Å². The second-order valence-corrected chi connectivity index (χ2v) is 5.70. The fraction of sp³-hybridized carbons (Fsp3) is 0.158. The Kier molecular flexibility index (Phi) is 4.44. The zero-order valence-corrected chi connectivity index (χ0v) is 13.4. The summed E-state index contributed by atoms with van der Waals surface area (Å²) in [6.45, 7) is -0.141. The minimum atomic E-state index is -4.46. The lowest BCUT2D eigenvalue weighted by atomic mass is 10.1. The monoisotopic (exact) mass is 344 g/mol. The average Bonchev–Trinajstić information content (AvgIpc) is 2.60. The largest absolute Gasteiger partial charge is 0.416 e. The predicted molar refractivity (Wildman–Crippen MR) is 89.0 cm³/mol. The Labute approximate surface area is 142 Å². The van der Waals surface area contributed by atoms with E-state index in [1.165, 1.54) is 30.1 Å². The van der Waals surface area contributed by atoms with Crippen molar-refractivity contribution in [2.75, 3.05) is 7.05 Å². The van der Waals surface area contributed by atoms with E-state index in [1.807, 2.05) is 12.1 Å². The van der Waals surface area contributed by atoms with Crippen molar-refractivity contribution in [1.82, 2.24) is 9.88 Å². The normalized spacial score (nSPS) is 11.5. The molecule has 3 aromatic rings. The Balaban J connectivity index is 1.92. The number of hydrogen-bond donors (Lipinski definition) is 0. The summed E-state index contributed by atoms with van der Waals surface area (Å²) < 4.78 is 39.4. The standard InChI is InChI=1S/C19H15F3N2O/c1-24(12-14-6-2-3-10-16(14)19(20,21)22)18(25)15-9-4-7-13-8-5-11-23-17(13)15/h2-11H,12H2,1H3. The molecule has 1 heterocycles. The van der Waals surface area contributed by atoms with Crippen LogP contribution in [0.2, 0.25) is 0 Å². The maximum atomic E-state index is 13.1. The first-order valence-corrected chi connectivity index (χ1v) is 7.62. The third-order valence-electron chi connectivity index (χ3n) is 3.94. The minimum absolute atomic E-state index is 0.0547. The first-order chi connectivity index (χ1) is 11.9. The van der Waals surface area contributed by atoms with Crippen LogP contribution in [0.4, 0.5) is 13.2 Å². The van der Waals surface area contributed by atoms with Gasteiger partial charge in [-0.1, -0.05) is 36.4 Å². The number of para-hydroxylation sites is 1. The molecule has 0 unspecified atom stereocenters. The average molecular weight is 344 g/mol. The molecule has 3 nitrogen and oxygen atoms in total. The number of carbonyl (C=O) groups excluding carboxylic acids is 1. The highest BCUT2D eigenvalue weighted by Crippen LogP contribution is 2.32. The van der Waals surface area contributed by atoms with Gasteiger partial charge >= 0.3 is 6.18 Å². The number of nitrogens with zero attached hydrogens (tertiary/aromatic N) is 2. The van der Waals surface area contributed by atoms with Crippen LogP contribution in [0.1, 0.15) is 21.5 Å². The molecule has 0 radical (unpaired) electrons. The highest BCUT2D eigenvalue weighted by atomic mass is 19.4. The molecule has 0 aliphatic heterocycles. The Morgan fingerprint density at radius 1 is 1.04 bits per heavy atom. The number of benzene rings is 2. The van der Waals surface area contributed by atoms with Crippen LogP contribution in [0.25, 0.3) is 10.9 Å². The van der Waals surface area contributed by atoms with Gasteiger partial charge in [-0.15, -0.1) is 0 Å². The summed E-state index contributed by atoms with van der Waals surface area (Å²) in [6, 6.07) is 14.1. The first kappa shape index (κ1) is 17.0. The van der Waals surface area contributed by atoms with Gasteiger partial charge in [-0.2, -0.15) is 13.2 Å². The van der Waals surface area contributed by atoms with Crippen LogP contribution in [0, 0.1) is 0 Å². The molecule has 0 spiro atoms. The molecule has 0 atom stereocenters. The van der Waals surface area contributed by atoms with Gasteiger partial charge in [0, 0.05) is 25.2 Å². The number of amides is 1. The summed E-state index contributed by atoms with van der Waals surface area (Å²) in [5, 5.41) is 0.803. The van der Waals surface area contributed by atoms with E-state index in [2.05, 4.69) is 4.98 Å². The maximum Gasteiger partial charge on any atom is 0.416 e. The first-order valence-electron chi connectivity index (χ1n) is 7.62. The van der Waals surface area contributed by atoms with Crippen LogP contribution >= 0.6 is 0 Å². The molecule has 0 fully saturated rings. The van der Waals surface area contributed by atoms with Crippen LogP contribution in [0.3, 0.4) is 0 Å². The van der Waals surface area contributed by atoms with Crippen molar-refractivity contribution in [2.24, 2.45) is 0 Å². The number of pyridine rings is 1. The van der Waals surface area contributed by atoms with E-state index in [0.717, 1.165) is 11.5 Å². The van der Waals surface area contributed by atoms with Gasteiger partial charge in [0.25, 0.3) is 5.91 Å². The SMILES string of the molecule is CN(Cc1ccccc1C(F)(F)F)C(=O)c1cccc2cccnc12. The maximum absolute atomic E-state index is 13.1. The molecule has 6 heteroatoms. The summed E-state index contributed by atoms with van der Waals surface area (Å²) in [7, 11) is 1.48. The quantitative estimate of drug-likeness (QED) is 0.700.